The van der Waals surface area contributed by atoms with E-state index in [4.69, 9.17) is 9.47 Å². The molecule has 3 rings (SSSR count). The minimum absolute atomic E-state index is 0.0203. The number of rotatable bonds is 5. The number of nitrogens with one attached hydrogen (secondary N) is 1. The van der Waals surface area contributed by atoms with Gasteiger partial charge in [0.05, 0.1) is 19.1 Å². The molecule has 1 aliphatic heterocycles. The molecule has 2 aliphatic rings. The maximum atomic E-state index is 12.6. The van der Waals surface area contributed by atoms with Crippen molar-refractivity contribution in [3.05, 3.63) is 35.9 Å². The Kier molecular flexibility index (Phi) is 4.44. The fourth-order valence-electron chi connectivity index (χ4n) is 3.71. The largest absolute Gasteiger partial charge is 0.378 e. The minimum Gasteiger partial charge on any atom is -0.378 e. The van der Waals surface area contributed by atoms with Crippen LogP contribution in [0.25, 0.3) is 0 Å². The highest BCUT2D eigenvalue weighted by atomic mass is 32.2. The predicted molar refractivity (Wildman–Crippen MR) is 88.9 cm³/mol. The van der Waals surface area contributed by atoms with Crippen LogP contribution in [0.5, 0.6) is 0 Å². The number of benzene rings is 1. The SMILES string of the molecule is CO[C@@H]1COC[C@@H]1S(=O)(=O)NC(=O)[C@@H]1[C@@H](c2ccccc2)C1(C)C. The molecule has 1 aliphatic carbocycles. The zero-order chi connectivity index (χ0) is 17.5. The van der Waals surface area contributed by atoms with Crippen molar-refractivity contribution in [2.75, 3.05) is 20.3 Å². The minimum atomic E-state index is -3.83. The van der Waals surface area contributed by atoms with E-state index in [0.717, 1.165) is 5.56 Å². The van der Waals surface area contributed by atoms with Gasteiger partial charge in [0.25, 0.3) is 0 Å². The van der Waals surface area contributed by atoms with Crippen molar-refractivity contribution >= 4 is 15.9 Å². The van der Waals surface area contributed by atoms with E-state index in [1.54, 1.807) is 0 Å². The molecule has 0 spiro atoms. The summed E-state index contributed by atoms with van der Waals surface area (Å²) in [6.45, 7) is 4.23. The van der Waals surface area contributed by atoms with Crippen LogP contribution in [-0.4, -0.2) is 46.0 Å². The molecular formula is C17H23NO5S. The Morgan fingerprint density at radius 2 is 1.92 bits per heavy atom. The molecule has 132 valence electrons. The first kappa shape index (κ1) is 17.4. The zero-order valence-corrected chi connectivity index (χ0v) is 14.9. The van der Waals surface area contributed by atoms with E-state index < -0.39 is 27.3 Å². The van der Waals surface area contributed by atoms with Crippen LogP contribution in [0.15, 0.2) is 30.3 Å². The van der Waals surface area contributed by atoms with Gasteiger partial charge in [-0.2, -0.15) is 0 Å². The number of hydrogen-bond acceptors (Lipinski definition) is 5. The maximum absolute atomic E-state index is 12.6. The average Bonchev–Trinajstić information content (AvgIpc) is 2.89. The highest BCUT2D eigenvalue weighted by molar-refractivity contribution is 7.90. The second kappa shape index (κ2) is 6.13. The van der Waals surface area contributed by atoms with Crippen molar-refractivity contribution in [3.8, 4) is 0 Å². The molecular weight excluding hydrogens is 330 g/mol. The lowest BCUT2D eigenvalue weighted by Crippen LogP contribution is -2.45. The van der Waals surface area contributed by atoms with E-state index in [-0.39, 0.29) is 30.5 Å². The molecule has 7 heteroatoms. The van der Waals surface area contributed by atoms with E-state index in [9.17, 15) is 13.2 Å². The number of methoxy groups -OCH3 is 1. The van der Waals surface area contributed by atoms with Crippen LogP contribution in [-0.2, 0) is 24.3 Å². The number of carbonyl (C=O) groups excluding carboxylic acids is 1. The first-order valence-corrected chi connectivity index (χ1v) is 9.54. The molecule has 0 bridgehead atoms. The van der Waals surface area contributed by atoms with Crippen LogP contribution in [0.1, 0.15) is 25.3 Å². The first-order chi connectivity index (χ1) is 11.3. The van der Waals surface area contributed by atoms with Gasteiger partial charge in [-0.1, -0.05) is 44.2 Å². The molecule has 6 nitrogen and oxygen atoms in total. The summed E-state index contributed by atoms with van der Waals surface area (Å²) in [6.07, 6.45) is -0.549. The summed E-state index contributed by atoms with van der Waals surface area (Å²) in [5.74, 6) is -0.791. The fourth-order valence-corrected chi connectivity index (χ4v) is 5.14. The lowest BCUT2D eigenvalue weighted by atomic mass is 10.0. The summed E-state index contributed by atoms with van der Waals surface area (Å²) in [7, 11) is -2.39. The normalized spacial score (nSPS) is 31.6. The summed E-state index contributed by atoms with van der Waals surface area (Å²) in [4.78, 5) is 12.6. The van der Waals surface area contributed by atoms with Crippen molar-refractivity contribution in [2.24, 2.45) is 11.3 Å². The third-order valence-corrected chi connectivity index (χ3v) is 6.91. The van der Waals surface area contributed by atoms with Crippen molar-refractivity contribution in [2.45, 2.75) is 31.1 Å². The van der Waals surface area contributed by atoms with Gasteiger partial charge >= 0.3 is 0 Å². The second-order valence-corrected chi connectivity index (χ2v) is 8.95. The monoisotopic (exact) mass is 353 g/mol. The zero-order valence-electron chi connectivity index (χ0n) is 14.1. The third kappa shape index (κ3) is 2.96. The van der Waals surface area contributed by atoms with Crippen LogP contribution in [0.3, 0.4) is 0 Å². The van der Waals surface area contributed by atoms with E-state index in [0.29, 0.717) is 0 Å². The molecule has 1 amide bonds. The van der Waals surface area contributed by atoms with E-state index in [1.807, 2.05) is 44.2 Å². The predicted octanol–water partition coefficient (Wildman–Crippen LogP) is 1.29. The number of hydrogen-bond donors (Lipinski definition) is 1. The molecule has 1 aromatic rings. The van der Waals surface area contributed by atoms with Crippen LogP contribution >= 0.6 is 0 Å². The molecule has 1 N–H and O–H groups in total. The highest BCUT2D eigenvalue weighted by Crippen LogP contribution is 2.64. The van der Waals surface area contributed by atoms with Gasteiger partial charge < -0.3 is 9.47 Å². The second-order valence-electron chi connectivity index (χ2n) is 7.05. The summed E-state index contributed by atoms with van der Waals surface area (Å²) in [6, 6.07) is 9.71. The van der Waals surface area contributed by atoms with Crippen LogP contribution < -0.4 is 4.72 Å². The molecule has 4 atom stereocenters. The molecule has 0 unspecified atom stereocenters. The molecule has 0 aromatic heterocycles. The molecule has 1 saturated heterocycles. The lowest BCUT2D eigenvalue weighted by Gasteiger charge is -2.17. The quantitative estimate of drug-likeness (QED) is 0.862. The molecule has 1 heterocycles. The molecule has 24 heavy (non-hydrogen) atoms. The van der Waals surface area contributed by atoms with Crippen LogP contribution in [0, 0.1) is 11.3 Å². The average molecular weight is 353 g/mol. The molecule has 1 aromatic carbocycles. The third-order valence-electron chi connectivity index (χ3n) is 5.19. The molecule has 0 radical (unpaired) electrons. The van der Waals surface area contributed by atoms with Gasteiger partial charge in [0, 0.05) is 13.0 Å². The van der Waals surface area contributed by atoms with Gasteiger partial charge in [0.1, 0.15) is 11.4 Å². The maximum Gasteiger partial charge on any atom is 0.242 e. The summed E-state index contributed by atoms with van der Waals surface area (Å²) in [5.41, 5.74) is 0.785. The van der Waals surface area contributed by atoms with Gasteiger partial charge in [0.15, 0.2) is 0 Å². The number of ether oxygens (including phenoxy) is 2. The van der Waals surface area contributed by atoms with Crippen molar-refractivity contribution < 1.29 is 22.7 Å². The van der Waals surface area contributed by atoms with E-state index >= 15 is 0 Å². The standard InChI is InChI=1S/C17H23NO5S/c1-17(2)14(11-7-5-4-6-8-11)15(17)16(19)18-24(20,21)13-10-23-9-12(13)22-3/h4-8,12-15H,9-10H2,1-3H3,(H,18,19)/t12-,13+,14-,15+/m1/s1. The lowest BCUT2D eigenvalue weighted by molar-refractivity contribution is -0.121. The van der Waals surface area contributed by atoms with Crippen molar-refractivity contribution in [1.29, 1.82) is 0 Å². The summed E-state index contributed by atoms with van der Waals surface area (Å²) >= 11 is 0. The van der Waals surface area contributed by atoms with Crippen LogP contribution in [0.2, 0.25) is 0 Å². The van der Waals surface area contributed by atoms with Crippen molar-refractivity contribution in [3.63, 3.8) is 0 Å². The fraction of sp³-hybridized carbons (Fsp3) is 0.588. The first-order valence-electron chi connectivity index (χ1n) is 8.00. The Morgan fingerprint density at radius 1 is 1.25 bits per heavy atom. The van der Waals surface area contributed by atoms with Gasteiger partial charge in [-0.25, -0.2) is 8.42 Å². The van der Waals surface area contributed by atoms with Crippen LogP contribution in [0.4, 0.5) is 0 Å². The van der Waals surface area contributed by atoms with E-state index in [1.165, 1.54) is 7.11 Å². The van der Waals surface area contributed by atoms with Gasteiger partial charge in [-0.15, -0.1) is 0 Å². The number of carbonyl (C=O) groups is 1. The smallest absolute Gasteiger partial charge is 0.242 e. The van der Waals surface area contributed by atoms with Gasteiger partial charge in [0.2, 0.25) is 15.9 Å². The summed E-state index contributed by atoms with van der Waals surface area (Å²) in [5, 5.41) is -0.858. The van der Waals surface area contributed by atoms with Gasteiger partial charge in [-0.3, -0.25) is 9.52 Å². The Labute approximate surface area is 142 Å². The summed E-state index contributed by atoms with van der Waals surface area (Å²) < 4.78 is 37.6. The highest BCUT2D eigenvalue weighted by Gasteiger charge is 2.62. The van der Waals surface area contributed by atoms with Gasteiger partial charge in [-0.05, 0) is 11.0 Å². The van der Waals surface area contributed by atoms with Crippen molar-refractivity contribution in [1.82, 2.24) is 4.72 Å². The number of sulfonamides is 1. The Bertz CT molecular complexity index is 716. The molecule has 2 fully saturated rings. The molecule has 1 saturated carbocycles. The Hall–Kier alpha value is -1.44. The Morgan fingerprint density at radius 3 is 2.54 bits per heavy atom. The van der Waals surface area contributed by atoms with E-state index in [2.05, 4.69) is 4.72 Å². The Balaban J connectivity index is 1.73. The number of amides is 1. The topological polar surface area (TPSA) is 81.7 Å².